The van der Waals surface area contributed by atoms with Gasteiger partial charge in [0.2, 0.25) is 5.91 Å². The quantitative estimate of drug-likeness (QED) is 0.864. The van der Waals surface area contributed by atoms with E-state index in [1.807, 2.05) is 36.9 Å². The minimum absolute atomic E-state index is 0.0283. The van der Waals surface area contributed by atoms with Gasteiger partial charge in [0.25, 0.3) is 0 Å². The molecule has 2 aliphatic rings. The molecule has 0 radical (unpaired) electrons. The van der Waals surface area contributed by atoms with Gasteiger partial charge in [0, 0.05) is 12.0 Å². The van der Waals surface area contributed by atoms with Crippen LogP contribution in [0.3, 0.4) is 0 Å². The molecule has 1 heterocycles. The third-order valence-corrected chi connectivity index (χ3v) is 4.50. The maximum atomic E-state index is 12.9. The van der Waals surface area contributed by atoms with Crippen LogP contribution >= 0.6 is 0 Å². The van der Waals surface area contributed by atoms with Crippen molar-refractivity contribution in [3.63, 3.8) is 0 Å². The molecule has 0 aromatic heterocycles. The van der Waals surface area contributed by atoms with E-state index in [4.69, 9.17) is 10.5 Å². The third-order valence-electron chi connectivity index (χ3n) is 4.50. The van der Waals surface area contributed by atoms with Crippen LogP contribution in [0.25, 0.3) is 0 Å². The molecule has 0 spiro atoms. The Hall–Kier alpha value is -1.55. The van der Waals surface area contributed by atoms with Crippen LogP contribution in [0.15, 0.2) is 18.2 Å². The number of ether oxygens (including phenoxy) is 1. The number of amides is 1. The Morgan fingerprint density at radius 2 is 2.19 bits per heavy atom. The highest BCUT2D eigenvalue weighted by molar-refractivity contribution is 5.97. The summed E-state index contributed by atoms with van der Waals surface area (Å²) in [4.78, 5) is 14.8. The number of carbonyl (C=O) groups excluding carboxylic acids is 1. The highest BCUT2D eigenvalue weighted by Gasteiger charge is 2.34. The first-order valence-electron chi connectivity index (χ1n) is 7.89. The average molecular weight is 288 g/mol. The van der Waals surface area contributed by atoms with E-state index in [1.165, 1.54) is 0 Å². The van der Waals surface area contributed by atoms with Gasteiger partial charge in [-0.1, -0.05) is 12.5 Å². The summed E-state index contributed by atoms with van der Waals surface area (Å²) in [7, 11) is 0. The Labute approximate surface area is 126 Å². The van der Waals surface area contributed by atoms with E-state index < -0.39 is 0 Å². The predicted octanol–water partition coefficient (Wildman–Crippen LogP) is 2.63. The summed E-state index contributed by atoms with van der Waals surface area (Å²) in [5, 5.41) is 0. The second kappa shape index (κ2) is 5.68. The first-order valence-corrected chi connectivity index (χ1v) is 7.89. The van der Waals surface area contributed by atoms with Crippen molar-refractivity contribution in [2.75, 3.05) is 11.4 Å². The summed E-state index contributed by atoms with van der Waals surface area (Å²) in [5.74, 6) is 1.10. The molecular weight excluding hydrogens is 264 g/mol. The minimum Gasteiger partial charge on any atom is -0.487 e. The summed E-state index contributed by atoms with van der Waals surface area (Å²) in [6.07, 6.45) is 3.89. The van der Waals surface area contributed by atoms with Gasteiger partial charge < -0.3 is 15.4 Å². The molecule has 4 nitrogen and oxygen atoms in total. The molecule has 1 aliphatic carbocycles. The molecule has 0 bridgehead atoms. The SMILES string of the molecule is Cc1ccc2c(c1)OC(C)CN2C(=O)C1CCCC(N)C1. The van der Waals surface area contributed by atoms with E-state index in [0.29, 0.717) is 6.54 Å². The number of rotatable bonds is 1. The molecule has 1 aromatic carbocycles. The second-order valence-corrected chi connectivity index (χ2v) is 6.47. The molecule has 3 atom stereocenters. The lowest BCUT2D eigenvalue weighted by Crippen LogP contribution is -2.46. The van der Waals surface area contributed by atoms with E-state index in [2.05, 4.69) is 0 Å². The van der Waals surface area contributed by atoms with Crippen LogP contribution in [-0.2, 0) is 4.79 Å². The molecular formula is C17H24N2O2. The number of benzene rings is 1. The van der Waals surface area contributed by atoms with E-state index in [1.54, 1.807) is 0 Å². The molecule has 1 saturated carbocycles. The number of aryl methyl sites for hydroxylation is 1. The van der Waals surface area contributed by atoms with Crippen molar-refractivity contribution >= 4 is 11.6 Å². The molecule has 21 heavy (non-hydrogen) atoms. The van der Waals surface area contributed by atoms with Crippen LogP contribution in [-0.4, -0.2) is 24.6 Å². The van der Waals surface area contributed by atoms with Gasteiger partial charge in [-0.3, -0.25) is 4.79 Å². The van der Waals surface area contributed by atoms with Gasteiger partial charge in [0.1, 0.15) is 11.9 Å². The van der Waals surface area contributed by atoms with Crippen molar-refractivity contribution in [2.45, 2.75) is 51.7 Å². The summed E-state index contributed by atoms with van der Waals surface area (Å²) in [6.45, 7) is 4.67. The largest absolute Gasteiger partial charge is 0.487 e. The van der Waals surface area contributed by atoms with E-state index in [9.17, 15) is 4.79 Å². The topological polar surface area (TPSA) is 55.6 Å². The minimum atomic E-state index is 0.0283. The van der Waals surface area contributed by atoms with Crippen LogP contribution in [0.2, 0.25) is 0 Å². The fourth-order valence-electron chi connectivity index (χ4n) is 3.43. The summed E-state index contributed by atoms with van der Waals surface area (Å²) < 4.78 is 5.88. The fourth-order valence-corrected chi connectivity index (χ4v) is 3.43. The van der Waals surface area contributed by atoms with Crippen molar-refractivity contribution in [1.29, 1.82) is 0 Å². The molecule has 1 aliphatic heterocycles. The summed E-state index contributed by atoms with van der Waals surface area (Å²) >= 11 is 0. The van der Waals surface area contributed by atoms with Crippen molar-refractivity contribution in [3.8, 4) is 5.75 Å². The summed E-state index contributed by atoms with van der Waals surface area (Å²) in [5.41, 5.74) is 8.09. The predicted molar refractivity (Wildman–Crippen MR) is 83.6 cm³/mol. The lowest BCUT2D eigenvalue weighted by Gasteiger charge is -2.37. The zero-order valence-electron chi connectivity index (χ0n) is 12.8. The van der Waals surface area contributed by atoms with Gasteiger partial charge in [0.15, 0.2) is 0 Å². The lowest BCUT2D eigenvalue weighted by molar-refractivity contribution is -0.124. The number of nitrogens with two attached hydrogens (primary N) is 1. The second-order valence-electron chi connectivity index (χ2n) is 6.47. The Bertz CT molecular complexity index is 544. The van der Waals surface area contributed by atoms with E-state index >= 15 is 0 Å². The van der Waals surface area contributed by atoms with Crippen molar-refractivity contribution in [2.24, 2.45) is 11.7 Å². The van der Waals surface area contributed by atoms with Gasteiger partial charge in [0.05, 0.1) is 12.2 Å². The first-order chi connectivity index (χ1) is 10.0. The number of nitrogens with zero attached hydrogens (tertiary/aromatic N) is 1. The average Bonchev–Trinajstić information content (AvgIpc) is 2.45. The molecule has 114 valence electrons. The summed E-state index contributed by atoms with van der Waals surface area (Å²) in [6, 6.07) is 6.21. The van der Waals surface area contributed by atoms with E-state index in [0.717, 1.165) is 42.7 Å². The maximum Gasteiger partial charge on any atom is 0.230 e. The van der Waals surface area contributed by atoms with Gasteiger partial charge in [-0.25, -0.2) is 0 Å². The lowest BCUT2D eigenvalue weighted by atomic mass is 9.85. The zero-order chi connectivity index (χ0) is 15.0. The molecule has 3 rings (SSSR count). The molecule has 2 N–H and O–H groups in total. The normalized spacial score (nSPS) is 28.7. The smallest absolute Gasteiger partial charge is 0.230 e. The Morgan fingerprint density at radius 3 is 2.95 bits per heavy atom. The van der Waals surface area contributed by atoms with Crippen LogP contribution in [0, 0.1) is 12.8 Å². The highest BCUT2D eigenvalue weighted by atomic mass is 16.5. The van der Waals surface area contributed by atoms with Crippen LogP contribution in [0.1, 0.15) is 38.2 Å². The Balaban J connectivity index is 1.86. The van der Waals surface area contributed by atoms with Crippen molar-refractivity contribution in [1.82, 2.24) is 0 Å². The van der Waals surface area contributed by atoms with E-state index in [-0.39, 0.29) is 24.0 Å². The molecule has 3 unspecified atom stereocenters. The van der Waals surface area contributed by atoms with Crippen molar-refractivity contribution in [3.05, 3.63) is 23.8 Å². The number of hydrogen-bond donors (Lipinski definition) is 1. The molecule has 4 heteroatoms. The monoisotopic (exact) mass is 288 g/mol. The first kappa shape index (κ1) is 14.4. The van der Waals surface area contributed by atoms with Crippen LogP contribution in [0.5, 0.6) is 5.75 Å². The molecule has 1 amide bonds. The standard InChI is InChI=1S/C17H24N2O2/c1-11-6-7-15-16(8-11)21-12(2)10-19(15)17(20)13-4-3-5-14(18)9-13/h6-8,12-14H,3-5,9-10,18H2,1-2H3. The molecule has 1 fully saturated rings. The number of anilines is 1. The van der Waals surface area contributed by atoms with Gasteiger partial charge in [-0.05, 0) is 50.8 Å². The fraction of sp³-hybridized carbons (Fsp3) is 0.588. The molecule has 1 aromatic rings. The van der Waals surface area contributed by atoms with Gasteiger partial charge in [-0.15, -0.1) is 0 Å². The number of hydrogen-bond acceptors (Lipinski definition) is 3. The van der Waals surface area contributed by atoms with Crippen LogP contribution in [0.4, 0.5) is 5.69 Å². The van der Waals surface area contributed by atoms with Crippen molar-refractivity contribution < 1.29 is 9.53 Å². The van der Waals surface area contributed by atoms with Gasteiger partial charge in [-0.2, -0.15) is 0 Å². The van der Waals surface area contributed by atoms with Crippen LogP contribution < -0.4 is 15.4 Å². The van der Waals surface area contributed by atoms with Gasteiger partial charge >= 0.3 is 0 Å². The Morgan fingerprint density at radius 1 is 1.38 bits per heavy atom. The number of fused-ring (bicyclic) bond motifs is 1. The molecule has 0 saturated heterocycles. The zero-order valence-corrected chi connectivity index (χ0v) is 12.8. The third kappa shape index (κ3) is 2.91. The highest BCUT2D eigenvalue weighted by Crippen LogP contribution is 2.36. The number of carbonyl (C=O) groups is 1. The maximum absolute atomic E-state index is 12.9. The Kier molecular flexibility index (Phi) is 3.89.